The highest BCUT2D eigenvalue weighted by Gasteiger charge is 2.24. The molecule has 1 aromatic rings. The molecule has 2 rings (SSSR count). The van der Waals surface area contributed by atoms with Gasteiger partial charge in [0, 0.05) is 12.1 Å². The Labute approximate surface area is 98.6 Å². The Hall–Kier alpha value is -1.08. The Morgan fingerprint density at radius 2 is 2.00 bits per heavy atom. The minimum absolute atomic E-state index is 0.381. The smallest absolute Gasteiger partial charge is 0.0328 e. The van der Waals surface area contributed by atoms with E-state index in [1.165, 1.54) is 24.0 Å². The number of fused-ring (bicyclic) bond motifs is 1. The normalized spacial score (nSPS) is 25.9. The first kappa shape index (κ1) is 11.4. The maximum Gasteiger partial charge on any atom is 0.0328 e. The molecule has 1 nitrogen and oxygen atoms in total. The van der Waals surface area contributed by atoms with Crippen LogP contribution in [0.15, 0.2) is 36.9 Å². The van der Waals surface area contributed by atoms with E-state index in [-0.39, 0.29) is 0 Å². The van der Waals surface area contributed by atoms with Crippen LogP contribution in [0.1, 0.15) is 49.8 Å². The minimum Gasteiger partial charge on any atom is -0.304 e. The van der Waals surface area contributed by atoms with E-state index in [0.29, 0.717) is 18.0 Å². The molecule has 0 aliphatic heterocycles. The first-order chi connectivity index (χ1) is 7.72. The van der Waals surface area contributed by atoms with Gasteiger partial charge in [0.1, 0.15) is 0 Å². The lowest BCUT2D eigenvalue weighted by Crippen LogP contribution is -2.31. The zero-order valence-corrected chi connectivity index (χ0v) is 10.2. The van der Waals surface area contributed by atoms with Gasteiger partial charge in [-0.1, -0.05) is 37.3 Å². The maximum absolute atomic E-state index is 3.83. The number of benzene rings is 1. The van der Waals surface area contributed by atoms with Crippen molar-refractivity contribution >= 4 is 0 Å². The van der Waals surface area contributed by atoms with Gasteiger partial charge in [0.05, 0.1) is 0 Å². The fourth-order valence-electron chi connectivity index (χ4n) is 2.56. The van der Waals surface area contributed by atoms with Crippen LogP contribution in [0, 0.1) is 0 Å². The predicted molar refractivity (Wildman–Crippen MR) is 69.6 cm³/mol. The zero-order chi connectivity index (χ0) is 11.5. The molecule has 86 valence electrons. The Kier molecular flexibility index (Phi) is 3.45. The molecule has 1 aromatic carbocycles. The van der Waals surface area contributed by atoms with E-state index in [1.807, 2.05) is 6.08 Å². The maximum atomic E-state index is 3.83. The molecule has 0 amide bonds. The Morgan fingerprint density at radius 1 is 1.31 bits per heavy atom. The molecular weight excluding hydrogens is 194 g/mol. The molecule has 0 spiro atoms. The van der Waals surface area contributed by atoms with Crippen LogP contribution in [0.3, 0.4) is 0 Å². The van der Waals surface area contributed by atoms with Crippen molar-refractivity contribution in [3.63, 3.8) is 0 Å². The molecule has 0 fully saturated rings. The topological polar surface area (TPSA) is 12.0 Å². The predicted octanol–water partition coefficient (Wildman–Crippen LogP) is 3.79. The molecule has 0 aromatic heterocycles. The molecule has 1 aliphatic rings. The highest BCUT2D eigenvalue weighted by Crippen LogP contribution is 2.37. The summed E-state index contributed by atoms with van der Waals surface area (Å²) < 4.78 is 0. The SMILES string of the molecule is C=CC(C)NC1CCC(C)c2ccccc21. The first-order valence-electron chi connectivity index (χ1n) is 6.19. The van der Waals surface area contributed by atoms with Crippen LogP contribution in [0.25, 0.3) is 0 Å². The molecule has 1 N–H and O–H groups in total. The quantitative estimate of drug-likeness (QED) is 0.756. The van der Waals surface area contributed by atoms with E-state index in [2.05, 4.69) is 50.0 Å². The van der Waals surface area contributed by atoms with Crippen molar-refractivity contribution in [3.8, 4) is 0 Å². The van der Waals surface area contributed by atoms with Gasteiger partial charge >= 0.3 is 0 Å². The lowest BCUT2D eigenvalue weighted by Gasteiger charge is -2.31. The molecule has 0 heterocycles. The number of hydrogen-bond acceptors (Lipinski definition) is 1. The fourth-order valence-corrected chi connectivity index (χ4v) is 2.56. The molecule has 0 radical (unpaired) electrons. The summed E-state index contributed by atoms with van der Waals surface area (Å²) in [6.07, 6.45) is 4.48. The van der Waals surface area contributed by atoms with E-state index in [4.69, 9.17) is 0 Å². The van der Waals surface area contributed by atoms with E-state index >= 15 is 0 Å². The monoisotopic (exact) mass is 215 g/mol. The summed E-state index contributed by atoms with van der Waals surface area (Å²) in [6, 6.07) is 9.70. The van der Waals surface area contributed by atoms with Crippen LogP contribution in [0.4, 0.5) is 0 Å². The summed E-state index contributed by atoms with van der Waals surface area (Å²) in [5.41, 5.74) is 3.00. The van der Waals surface area contributed by atoms with Crippen molar-refractivity contribution in [1.82, 2.24) is 5.32 Å². The van der Waals surface area contributed by atoms with Crippen molar-refractivity contribution in [1.29, 1.82) is 0 Å². The van der Waals surface area contributed by atoms with Crippen LogP contribution in [-0.2, 0) is 0 Å². The molecule has 3 atom stereocenters. The van der Waals surface area contributed by atoms with Gasteiger partial charge in [0.15, 0.2) is 0 Å². The van der Waals surface area contributed by atoms with Crippen LogP contribution < -0.4 is 5.32 Å². The van der Waals surface area contributed by atoms with Crippen molar-refractivity contribution in [2.45, 2.75) is 44.7 Å². The second-order valence-corrected chi connectivity index (χ2v) is 4.85. The highest BCUT2D eigenvalue weighted by atomic mass is 14.9. The fraction of sp³-hybridized carbons (Fsp3) is 0.467. The van der Waals surface area contributed by atoms with Gasteiger partial charge in [0.25, 0.3) is 0 Å². The summed E-state index contributed by atoms with van der Waals surface area (Å²) in [4.78, 5) is 0. The summed E-state index contributed by atoms with van der Waals surface area (Å²) in [6.45, 7) is 8.32. The largest absolute Gasteiger partial charge is 0.304 e. The minimum atomic E-state index is 0.381. The molecule has 0 saturated carbocycles. The van der Waals surface area contributed by atoms with E-state index in [1.54, 1.807) is 0 Å². The lowest BCUT2D eigenvalue weighted by molar-refractivity contribution is 0.416. The third-order valence-corrected chi connectivity index (χ3v) is 3.61. The summed E-state index contributed by atoms with van der Waals surface area (Å²) in [5, 5.41) is 3.63. The summed E-state index contributed by atoms with van der Waals surface area (Å²) >= 11 is 0. The van der Waals surface area contributed by atoms with Crippen LogP contribution >= 0.6 is 0 Å². The number of nitrogens with one attached hydrogen (secondary N) is 1. The van der Waals surface area contributed by atoms with Crippen molar-refractivity contribution in [3.05, 3.63) is 48.0 Å². The lowest BCUT2D eigenvalue weighted by atomic mass is 9.81. The zero-order valence-electron chi connectivity index (χ0n) is 10.2. The van der Waals surface area contributed by atoms with E-state index < -0.39 is 0 Å². The second-order valence-electron chi connectivity index (χ2n) is 4.85. The number of rotatable bonds is 3. The average molecular weight is 215 g/mol. The third-order valence-electron chi connectivity index (χ3n) is 3.61. The van der Waals surface area contributed by atoms with Gasteiger partial charge in [0.2, 0.25) is 0 Å². The standard InChI is InChI=1S/C15H21N/c1-4-12(3)16-15-10-9-11(2)13-7-5-6-8-14(13)15/h4-8,11-12,15-16H,1,9-10H2,2-3H3. The van der Waals surface area contributed by atoms with Gasteiger partial charge in [-0.05, 0) is 36.8 Å². The summed E-state index contributed by atoms with van der Waals surface area (Å²) in [5.74, 6) is 0.702. The Morgan fingerprint density at radius 3 is 2.69 bits per heavy atom. The van der Waals surface area contributed by atoms with Crippen molar-refractivity contribution in [2.24, 2.45) is 0 Å². The van der Waals surface area contributed by atoms with E-state index in [9.17, 15) is 0 Å². The summed E-state index contributed by atoms with van der Waals surface area (Å²) in [7, 11) is 0. The van der Waals surface area contributed by atoms with Crippen molar-refractivity contribution in [2.75, 3.05) is 0 Å². The van der Waals surface area contributed by atoms with Gasteiger partial charge in [-0.3, -0.25) is 0 Å². The molecule has 0 bridgehead atoms. The molecule has 16 heavy (non-hydrogen) atoms. The van der Waals surface area contributed by atoms with Crippen molar-refractivity contribution < 1.29 is 0 Å². The molecule has 1 heteroatoms. The van der Waals surface area contributed by atoms with E-state index in [0.717, 1.165) is 0 Å². The van der Waals surface area contributed by atoms with Gasteiger partial charge < -0.3 is 5.32 Å². The van der Waals surface area contributed by atoms with Gasteiger partial charge in [-0.2, -0.15) is 0 Å². The number of hydrogen-bond donors (Lipinski definition) is 1. The molecular formula is C15H21N. The molecule has 0 saturated heterocycles. The van der Waals surface area contributed by atoms with Crippen LogP contribution in [0.5, 0.6) is 0 Å². The molecule has 3 unspecified atom stereocenters. The van der Waals surface area contributed by atoms with Gasteiger partial charge in [-0.15, -0.1) is 6.58 Å². The highest BCUT2D eigenvalue weighted by molar-refractivity contribution is 5.35. The van der Waals surface area contributed by atoms with Gasteiger partial charge in [-0.25, -0.2) is 0 Å². The second kappa shape index (κ2) is 4.84. The average Bonchev–Trinajstić information content (AvgIpc) is 2.33. The van der Waals surface area contributed by atoms with Crippen LogP contribution in [0.2, 0.25) is 0 Å². The van der Waals surface area contributed by atoms with Crippen LogP contribution in [-0.4, -0.2) is 6.04 Å². The third kappa shape index (κ3) is 2.19. The Balaban J connectivity index is 2.24. The molecule has 1 aliphatic carbocycles. The Bertz CT molecular complexity index is 369. The first-order valence-corrected chi connectivity index (χ1v) is 6.19.